The van der Waals surface area contributed by atoms with Gasteiger partial charge in [0.15, 0.2) is 5.58 Å². The fraction of sp³-hybridized carbons (Fsp3) is 0.368. The van der Waals surface area contributed by atoms with E-state index in [-0.39, 0.29) is 0 Å². The van der Waals surface area contributed by atoms with Gasteiger partial charge >= 0.3 is 0 Å². The van der Waals surface area contributed by atoms with Gasteiger partial charge in [0.05, 0.1) is 5.69 Å². The van der Waals surface area contributed by atoms with Gasteiger partial charge in [-0.1, -0.05) is 48.0 Å². The van der Waals surface area contributed by atoms with Gasteiger partial charge in [-0.2, -0.15) is 0 Å². The van der Waals surface area contributed by atoms with Crippen LogP contribution in [-0.2, 0) is 0 Å². The molecule has 1 N–H and O–H groups in total. The number of rotatable bonds is 7. The maximum absolute atomic E-state index is 6.08. The Morgan fingerprint density at radius 1 is 1.09 bits per heavy atom. The highest BCUT2D eigenvalue weighted by molar-refractivity contribution is 9.10. The summed E-state index contributed by atoms with van der Waals surface area (Å²) in [6, 6.07) is 12.4. The second kappa shape index (κ2) is 7.37. The number of nitrogens with zero attached hydrogens (tertiary/aromatic N) is 1. The summed E-state index contributed by atoms with van der Waals surface area (Å²) in [5.74, 6) is 0. The van der Waals surface area contributed by atoms with Crippen LogP contribution >= 0.6 is 15.9 Å². The summed E-state index contributed by atoms with van der Waals surface area (Å²) < 4.78 is 7.16. The summed E-state index contributed by atoms with van der Waals surface area (Å²) in [7, 11) is 0. The lowest BCUT2D eigenvalue weighted by atomic mass is 10.1. The van der Waals surface area contributed by atoms with Crippen LogP contribution < -0.4 is 5.32 Å². The predicted molar refractivity (Wildman–Crippen MR) is 102 cm³/mol. The summed E-state index contributed by atoms with van der Waals surface area (Å²) in [6.45, 7) is 8.72. The molecule has 122 valence electrons. The Bertz CT molecular complexity index is 793. The molecule has 0 atom stereocenters. The number of nitrogens with one attached hydrogen (secondary N) is 1. The van der Waals surface area contributed by atoms with Crippen LogP contribution in [0.3, 0.4) is 0 Å². The topological polar surface area (TPSA) is 28.4 Å². The maximum Gasteiger partial charge on any atom is 0.159 e. The zero-order valence-corrected chi connectivity index (χ0v) is 15.3. The third-order valence-electron chi connectivity index (χ3n) is 4.34. The number of para-hydroxylation sites is 1. The third-order valence-corrected chi connectivity index (χ3v) is 5.00. The van der Waals surface area contributed by atoms with Crippen molar-refractivity contribution in [3.63, 3.8) is 0 Å². The third kappa shape index (κ3) is 3.38. The van der Waals surface area contributed by atoms with E-state index < -0.39 is 0 Å². The molecule has 23 heavy (non-hydrogen) atoms. The minimum atomic E-state index is 0.931. The Balaban J connectivity index is 1.80. The standard InChI is InChI=1S/C19H23BrN2O/c1-3-22(4-2)13-7-12-21-16-11-10-15(20)18-14-8-5-6-9-17(14)23-19(16)18/h5-6,8-11,21H,3-4,7,12-13H2,1-2H3. The first-order valence-corrected chi connectivity index (χ1v) is 9.09. The van der Waals surface area contributed by atoms with Crippen molar-refractivity contribution in [1.82, 2.24) is 4.90 Å². The van der Waals surface area contributed by atoms with E-state index >= 15 is 0 Å². The van der Waals surface area contributed by atoms with Gasteiger partial charge in [0, 0.05) is 21.8 Å². The van der Waals surface area contributed by atoms with Gasteiger partial charge in [0.25, 0.3) is 0 Å². The minimum Gasteiger partial charge on any atom is -0.454 e. The van der Waals surface area contributed by atoms with Crippen LogP contribution in [0.15, 0.2) is 45.3 Å². The van der Waals surface area contributed by atoms with E-state index in [1.54, 1.807) is 0 Å². The summed E-state index contributed by atoms with van der Waals surface area (Å²) in [5, 5.41) is 5.84. The summed E-state index contributed by atoms with van der Waals surface area (Å²) in [5.41, 5.74) is 2.93. The second-order valence-electron chi connectivity index (χ2n) is 5.70. The Morgan fingerprint density at radius 3 is 2.65 bits per heavy atom. The molecular weight excluding hydrogens is 352 g/mol. The number of fused-ring (bicyclic) bond motifs is 3. The molecule has 0 spiro atoms. The van der Waals surface area contributed by atoms with Crippen molar-refractivity contribution in [2.75, 3.05) is 31.5 Å². The molecule has 1 aromatic heterocycles. The molecule has 0 aliphatic heterocycles. The Kier molecular flexibility index (Phi) is 5.23. The van der Waals surface area contributed by atoms with Crippen LogP contribution in [0.5, 0.6) is 0 Å². The maximum atomic E-state index is 6.08. The highest BCUT2D eigenvalue weighted by Crippen LogP contribution is 2.38. The van der Waals surface area contributed by atoms with Gasteiger partial charge < -0.3 is 14.6 Å². The van der Waals surface area contributed by atoms with E-state index in [0.717, 1.165) is 64.7 Å². The first-order valence-electron chi connectivity index (χ1n) is 8.30. The SMILES string of the molecule is CCN(CC)CCCNc1ccc(Br)c2c1oc1ccccc12. The number of hydrogen-bond acceptors (Lipinski definition) is 3. The molecule has 3 aromatic rings. The van der Waals surface area contributed by atoms with Crippen molar-refractivity contribution >= 4 is 43.6 Å². The van der Waals surface area contributed by atoms with Crippen molar-refractivity contribution in [1.29, 1.82) is 0 Å². The second-order valence-corrected chi connectivity index (χ2v) is 6.56. The zero-order valence-electron chi connectivity index (χ0n) is 13.7. The molecule has 0 amide bonds. The quantitative estimate of drug-likeness (QED) is 0.554. The van der Waals surface area contributed by atoms with E-state index in [4.69, 9.17) is 4.42 Å². The number of benzene rings is 2. The smallest absolute Gasteiger partial charge is 0.159 e. The van der Waals surface area contributed by atoms with E-state index in [9.17, 15) is 0 Å². The van der Waals surface area contributed by atoms with E-state index in [1.807, 2.05) is 18.2 Å². The van der Waals surface area contributed by atoms with Crippen LogP contribution in [0.25, 0.3) is 21.9 Å². The summed E-state index contributed by atoms with van der Waals surface area (Å²) >= 11 is 3.66. The van der Waals surface area contributed by atoms with Crippen LogP contribution in [-0.4, -0.2) is 31.1 Å². The fourth-order valence-corrected chi connectivity index (χ4v) is 3.52. The predicted octanol–water partition coefficient (Wildman–Crippen LogP) is 5.49. The molecule has 2 aromatic carbocycles. The van der Waals surface area contributed by atoms with Crippen LogP contribution in [0, 0.1) is 0 Å². The average Bonchev–Trinajstić information content (AvgIpc) is 2.97. The van der Waals surface area contributed by atoms with Gasteiger partial charge in [0.1, 0.15) is 5.58 Å². The lowest BCUT2D eigenvalue weighted by molar-refractivity contribution is 0.303. The lowest BCUT2D eigenvalue weighted by Crippen LogP contribution is -2.25. The fourth-order valence-electron chi connectivity index (χ4n) is 2.99. The van der Waals surface area contributed by atoms with Crippen molar-refractivity contribution in [2.45, 2.75) is 20.3 Å². The van der Waals surface area contributed by atoms with E-state index in [0.29, 0.717) is 0 Å². The molecule has 3 rings (SSSR count). The van der Waals surface area contributed by atoms with Crippen molar-refractivity contribution in [2.24, 2.45) is 0 Å². The van der Waals surface area contributed by atoms with Crippen molar-refractivity contribution in [3.05, 3.63) is 40.9 Å². The molecule has 0 saturated heterocycles. The van der Waals surface area contributed by atoms with Crippen molar-refractivity contribution < 1.29 is 4.42 Å². The largest absolute Gasteiger partial charge is 0.454 e. The monoisotopic (exact) mass is 374 g/mol. The minimum absolute atomic E-state index is 0.931. The molecule has 0 radical (unpaired) electrons. The zero-order chi connectivity index (χ0) is 16.2. The molecule has 1 heterocycles. The number of anilines is 1. The molecule has 0 aliphatic rings. The lowest BCUT2D eigenvalue weighted by Gasteiger charge is -2.18. The van der Waals surface area contributed by atoms with Gasteiger partial charge in [-0.3, -0.25) is 0 Å². The summed E-state index contributed by atoms with van der Waals surface area (Å²) in [6.07, 6.45) is 1.12. The molecule has 0 unspecified atom stereocenters. The highest BCUT2D eigenvalue weighted by atomic mass is 79.9. The van der Waals surface area contributed by atoms with Gasteiger partial charge in [-0.25, -0.2) is 0 Å². The van der Waals surface area contributed by atoms with E-state index in [1.165, 1.54) is 0 Å². The van der Waals surface area contributed by atoms with Crippen LogP contribution in [0.4, 0.5) is 5.69 Å². The van der Waals surface area contributed by atoms with Gasteiger partial charge in [-0.05, 0) is 44.3 Å². The molecular formula is C19H23BrN2O. The Labute approximate surface area is 145 Å². The molecule has 3 nitrogen and oxygen atoms in total. The van der Waals surface area contributed by atoms with Gasteiger partial charge in [0.2, 0.25) is 0 Å². The Morgan fingerprint density at radius 2 is 1.87 bits per heavy atom. The molecule has 0 aliphatic carbocycles. The van der Waals surface area contributed by atoms with Crippen LogP contribution in [0.1, 0.15) is 20.3 Å². The average molecular weight is 375 g/mol. The van der Waals surface area contributed by atoms with Gasteiger partial charge in [-0.15, -0.1) is 0 Å². The highest BCUT2D eigenvalue weighted by Gasteiger charge is 2.13. The van der Waals surface area contributed by atoms with Crippen LogP contribution in [0.2, 0.25) is 0 Å². The van der Waals surface area contributed by atoms with Crippen molar-refractivity contribution in [3.8, 4) is 0 Å². The number of hydrogen-bond donors (Lipinski definition) is 1. The number of furan rings is 1. The molecule has 4 heteroatoms. The number of halogens is 1. The Hall–Kier alpha value is -1.52. The first kappa shape index (κ1) is 16.3. The van der Waals surface area contributed by atoms with E-state index in [2.05, 4.69) is 58.2 Å². The summed E-state index contributed by atoms with van der Waals surface area (Å²) in [4.78, 5) is 2.44. The molecule has 0 bridgehead atoms. The normalized spacial score (nSPS) is 11.7. The molecule has 0 fully saturated rings. The first-order chi connectivity index (χ1) is 11.2. The molecule has 0 saturated carbocycles.